The highest BCUT2D eigenvalue weighted by Crippen LogP contribution is 2.50. The Hall–Kier alpha value is -11.4. The SMILES string of the molecule is Brc1cc(C2CC2)c2ncccc2c1.CC1(C)OB(c2cc(C3CC3)c3ncccc3c2)OC1(C)C.Nc1ccc(Br)cc1C1CC1.Nc1ccc(Br)cc1C1CC1.Nc1nnc(-c2cc(C3CC3)c3ncccc3c2)c(-c2ccccc2)n1.Nc1nnc(-c2cc(C3CC3)c3ncccc3c2)c(-c2ccccc2)n1.Nc1nnc(Br)c(-c2ccccc2)n1. The molecule has 622 valence electrons. The number of hydrogen-bond donors (Lipinski definition) is 5. The summed E-state index contributed by atoms with van der Waals surface area (Å²) in [6, 6.07) is 75.5. The number of benzene rings is 9. The van der Waals surface area contributed by atoms with Gasteiger partial charge in [-0.3, -0.25) is 19.9 Å². The lowest BCUT2D eigenvalue weighted by molar-refractivity contribution is 0.00578. The first-order valence-electron chi connectivity index (χ1n) is 42.1. The molecule has 8 heterocycles. The molecule has 6 aliphatic carbocycles. The van der Waals surface area contributed by atoms with E-state index < -0.39 is 0 Å². The molecule has 10 N–H and O–H groups in total. The molecule has 6 saturated carbocycles. The van der Waals surface area contributed by atoms with Crippen LogP contribution in [0.5, 0.6) is 0 Å². The van der Waals surface area contributed by atoms with Crippen LogP contribution in [0.15, 0.2) is 267 Å². The van der Waals surface area contributed by atoms with Gasteiger partial charge in [0.15, 0.2) is 4.60 Å². The normalized spacial score (nSPS) is 15.9. The van der Waals surface area contributed by atoms with E-state index in [0.717, 1.165) is 121 Å². The Morgan fingerprint density at radius 2 is 0.605 bits per heavy atom. The number of anilines is 5. The summed E-state index contributed by atoms with van der Waals surface area (Å²) in [5.41, 5.74) is 52.2. The van der Waals surface area contributed by atoms with E-state index in [-0.39, 0.29) is 36.2 Å². The molecule has 124 heavy (non-hydrogen) atoms. The van der Waals surface area contributed by atoms with Crippen molar-refractivity contribution in [3.8, 4) is 56.3 Å². The fourth-order valence-electron chi connectivity index (χ4n) is 15.4. The Kier molecular flexibility index (Phi) is 25.4. The predicted molar refractivity (Wildman–Crippen MR) is 514 cm³/mol. The Balaban J connectivity index is 0.000000105. The van der Waals surface area contributed by atoms with E-state index in [9.17, 15) is 0 Å². The lowest BCUT2D eigenvalue weighted by Gasteiger charge is -2.32. The van der Waals surface area contributed by atoms with Gasteiger partial charge in [0.25, 0.3) is 0 Å². The zero-order valence-electron chi connectivity index (χ0n) is 69.2. The molecule has 20 nitrogen and oxygen atoms in total. The summed E-state index contributed by atoms with van der Waals surface area (Å²) < 4.78 is 16.5. The first-order chi connectivity index (χ1) is 60.1. The number of aromatic nitrogens is 13. The van der Waals surface area contributed by atoms with Crippen molar-refractivity contribution in [3.05, 3.63) is 301 Å². The van der Waals surface area contributed by atoms with E-state index in [1.165, 1.54) is 131 Å². The van der Waals surface area contributed by atoms with Crippen molar-refractivity contribution >= 4 is 149 Å². The summed E-state index contributed by atoms with van der Waals surface area (Å²) in [7, 11) is -0.299. The van der Waals surface area contributed by atoms with E-state index in [4.69, 9.17) is 38.0 Å². The second-order valence-electron chi connectivity index (χ2n) is 33.5. The van der Waals surface area contributed by atoms with Gasteiger partial charge in [0.1, 0.15) is 28.5 Å². The number of nitrogens with two attached hydrogens (primary N) is 5. The topological polar surface area (TPSA) is 316 Å². The number of pyridine rings is 4. The third-order valence-corrected chi connectivity index (χ3v) is 25.4. The number of nitrogen functional groups attached to an aromatic ring is 5. The van der Waals surface area contributed by atoms with Crippen LogP contribution in [0.1, 0.15) is 174 Å². The van der Waals surface area contributed by atoms with Crippen LogP contribution in [0, 0.1) is 0 Å². The van der Waals surface area contributed by atoms with E-state index in [2.05, 4.69) is 242 Å². The van der Waals surface area contributed by atoms with Gasteiger partial charge >= 0.3 is 7.12 Å². The maximum Gasteiger partial charge on any atom is 0.494 e. The maximum absolute atomic E-state index is 6.21. The summed E-state index contributed by atoms with van der Waals surface area (Å²) in [6.07, 6.45) is 22.7. The van der Waals surface area contributed by atoms with Crippen LogP contribution >= 0.6 is 63.7 Å². The number of fused-ring (bicyclic) bond motifs is 4. The molecule has 23 rings (SSSR count). The van der Waals surface area contributed by atoms with Crippen molar-refractivity contribution in [1.82, 2.24) is 65.5 Å². The molecule has 16 aromatic rings. The van der Waals surface area contributed by atoms with Gasteiger partial charge in [0.2, 0.25) is 17.8 Å². The lowest BCUT2D eigenvalue weighted by Crippen LogP contribution is -2.41. The van der Waals surface area contributed by atoms with Crippen LogP contribution < -0.4 is 34.1 Å². The Labute approximate surface area is 755 Å². The third kappa shape index (κ3) is 20.5. The molecule has 25 heteroatoms. The highest BCUT2D eigenvalue weighted by Gasteiger charge is 2.52. The van der Waals surface area contributed by atoms with Crippen LogP contribution in [-0.4, -0.2) is 83.8 Å². The van der Waals surface area contributed by atoms with Crippen molar-refractivity contribution in [3.63, 3.8) is 0 Å². The summed E-state index contributed by atoms with van der Waals surface area (Å²) in [6.45, 7) is 8.38. The molecular formula is C99H93BBr4N18O2. The van der Waals surface area contributed by atoms with E-state index in [0.29, 0.717) is 28.1 Å². The fraction of sp³-hybridized carbons (Fsp3) is 0.242. The monoisotopic (exact) mass is 1890 g/mol. The fourth-order valence-corrected chi connectivity index (χ4v) is 17.1. The molecule has 9 aromatic carbocycles. The average molecular weight is 1900 g/mol. The van der Waals surface area contributed by atoms with E-state index >= 15 is 0 Å². The van der Waals surface area contributed by atoms with Crippen LogP contribution in [-0.2, 0) is 9.31 Å². The van der Waals surface area contributed by atoms with Crippen LogP contribution in [0.4, 0.5) is 29.2 Å². The summed E-state index contributed by atoms with van der Waals surface area (Å²) in [5, 5.41) is 28.9. The average Bonchev–Trinajstić information content (AvgIpc) is 1.55. The molecule has 0 radical (unpaired) electrons. The van der Waals surface area contributed by atoms with Crippen LogP contribution in [0.25, 0.3) is 99.9 Å². The first kappa shape index (κ1) is 84.8. The van der Waals surface area contributed by atoms with Gasteiger partial charge in [-0.05, 0) is 292 Å². The van der Waals surface area contributed by atoms with Gasteiger partial charge in [-0.25, -0.2) is 15.0 Å². The van der Waals surface area contributed by atoms with Gasteiger partial charge < -0.3 is 38.0 Å². The molecule has 0 amide bonds. The first-order valence-corrected chi connectivity index (χ1v) is 45.3. The standard InChI is InChI=1S/2C21H17N5.C18H22BNO2.C12H10BrN.C9H7BrN4.2C9H10BrN/c2*22-21-24-19(14-5-2-1-3-6-14)20(25-26-21)16-11-15-7-4-10-23-18(15)17(12-16)13-8-9-13;1-17(2)18(3,4)22-19(21-17)14-10-13-6-5-9-20-16(13)15(11-14)12-7-8-12;13-10-6-9-2-1-5-14-12(9)11(7-10)8-3-4-8;10-8-7(12-9(11)14-13-8)6-4-2-1-3-5-6;2*10-7-3-4-9(11)8(5-7)6-1-2-6/h2*1-7,10-13H,8-9H2,(H2,22,24,26);5-6,9-12H,7-8H2,1-4H3;1-2,5-8H,3-4H2;1-5H,(H2,11,12,14);2*3-6H,1-2,11H2. The number of halogens is 4. The Bertz CT molecular complexity index is 6300. The summed E-state index contributed by atoms with van der Waals surface area (Å²) in [4.78, 5) is 31.3. The van der Waals surface area contributed by atoms with Crippen molar-refractivity contribution in [2.24, 2.45) is 0 Å². The smallest absolute Gasteiger partial charge is 0.399 e. The second-order valence-corrected chi connectivity index (χ2v) is 37.0. The van der Waals surface area contributed by atoms with Crippen LogP contribution in [0.3, 0.4) is 0 Å². The van der Waals surface area contributed by atoms with E-state index in [1.54, 1.807) is 0 Å². The molecule has 7 aromatic heterocycles. The minimum absolute atomic E-state index is 0.173. The molecule has 0 spiro atoms. The van der Waals surface area contributed by atoms with Gasteiger partial charge in [-0.2, -0.15) is 0 Å². The zero-order chi connectivity index (χ0) is 85.8. The van der Waals surface area contributed by atoms with Crippen molar-refractivity contribution < 1.29 is 9.31 Å². The molecule has 7 fully saturated rings. The van der Waals surface area contributed by atoms with Crippen molar-refractivity contribution in [2.45, 2.75) is 151 Å². The van der Waals surface area contributed by atoms with Gasteiger partial charge in [0, 0.05) is 98.9 Å². The largest absolute Gasteiger partial charge is 0.494 e. The molecule has 7 aliphatic rings. The number of nitrogens with zero attached hydrogens (tertiary/aromatic N) is 13. The number of rotatable bonds is 12. The molecule has 1 saturated heterocycles. The van der Waals surface area contributed by atoms with Crippen molar-refractivity contribution in [1.29, 1.82) is 0 Å². The summed E-state index contributed by atoms with van der Waals surface area (Å²) in [5.74, 6) is 4.59. The van der Waals surface area contributed by atoms with Gasteiger partial charge in [-0.15, -0.1) is 30.6 Å². The van der Waals surface area contributed by atoms with Crippen LogP contribution in [0.2, 0.25) is 0 Å². The molecule has 0 bridgehead atoms. The highest BCUT2D eigenvalue weighted by atomic mass is 79.9. The molecular weight excluding hydrogens is 1800 g/mol. The Morgan fingerprint density at radius 1 is 0.290 bits per heavy atom. The lowest BCUT2D eigenvalue weighted by atomic mass is 9.77. The molecule has 1 aliphatic heterocycles. The zero-order valence-corrected chi connectivity index (χ0v) is 75.6. The minimum Gasteiger partial charge on any atom is -0.399 e. The number of hydrogen-bond acceptors (Lipinski definition) is 20. The predicted octanol–water partition coefficient (Wildman–Crippen LogP) is 23.4. The third-order valence-electron chi connectivity index (χ3n) is 23.4. The second kappa shape index (κ2) is 37.2. The molecule has 0 unspecified atom stereocenters. The van der Waals surface area contributed by atoms with Gasteiger partial charge in [-0.1, -0.05) is 175 Å². The minimum atomic E-state index is -0.304. The summed E-state index contributed by atoms with van der Waals surface area (Å²) >= 11 is 13.7. The van der Waals surface area contributed by atoms with Gasteiger partial charge in [0.05, 0.1) is 33.3 Å². The Morgan fingerprint density at radius 3 is 0.984 bits per heavy atom. The quantitative estimate of drug-likeness (QED) is 0.0560. The van der Waals surface area contributed by atoms with E-state index in [1.807, 2.05) is 164 Å². The maximum atomic E-state index is 6.21. The highest BCUT2D eigenvalue weighted by molar-refractivity contribution is 9.11. The van der Waals surface area contributed by atoms with Crippen molar-refractivity contribution in [2.75, 3.05) is 28.7 Å². The molecule has 0 atom stereocenters.